The first-order valence-corrected chi connectivity index (χ1v) is 9.77. The van der Waals surface area contributed by atoms with Crippen molar-refractivity contribution in [2.75, 3.05) is 26.2 Å². The van der Waals surface area contributed by atoms with Gasteiger partial charge in [-0.3, -0.25) is 9.59 Å². The van der Waals surface area contributed by atoms with E-state index in [1.54, 1.807) is 21.4 Å². The number of rotatable bonds is 3. The van der Waals surface area contributed by atoms with Crippen molar-refractivity contribution in [1.82, 2.24) is 24.1 Å². The first kappa shape index (κ1) is 19.0. The van der Waals surface area contributed by atoms with Crippen LogP contribution in [-0.4, -0.2) is 62.1 Å². The van der Waals surface area contributed by atoms with Crippen molar-refractivity contribution in [1.29, 1.82) is 0 Å². The first-order valence-electron chi connectivity index (χ1n) is 9.77. The van der Waals surface area contributed by atoms with E-state index >= 15 is 0 Å². The van der Waals surface area contributed by atoms with E-state index in [0.29, 0.717) is 31.9 Å². The van der Waals surface area contributed by atoms with E-state index in [0.717, 1.165) is 22.6 Å². The van der Waals surface area contributed by atoms with Gasteiger partial charge in [-0.15, -0.1) is 0 Å². The van der Waals surface area contributed by atoms with Crippen LogP contribution in [0, 0.1) is 6.92 Å². The van der Waals surface area contributed by atoms with Gasteiger partial charge in [-0.25, -0.2) is 4.68 Å². The van der Waals surface area contributed by atoms with E-state index in [-0.39, 0.29) is 11.8 Å². The fourth-order valence-electron chi connectivity index (χ4n) is 3.66. The second kappa shape index (κ2) is 7.58. The lowest BCUT2D eigenvalue weighted by atomic mass is 10.2. The van der Waals surface area contributed by atoms with Crippen molar-refractivity contribution < 1.29 is 9.59 Å². The van der Waals surface area contributed by atoms with Crippen LogP contribution in [0.4, 0.5) is 0 Å². The van der Waals surface area contributed by atoms with Gasteiger partial charge in [-0.2, -0.15) is 5.10 Å². The second-order valence-electron chi connectivity index (χ2n) is 7.46. The molecule has 150 valence electrons. The minimum absolute atomic E-state index is 0.0489. The number of aromatic nitrogens is 3. The van der Waals surface area contributed by atoms with Gasteiger partial charge in [0.1, 0.15) is 11.4 Å². The molecule has 1 fully saturated rings. The van der Waals surface area contributed by atoms with Crippen molar-refractivity contribution in [2.24, 2.45) is 7.05 Å². The molecule has 0 bridgehead atoms. The number of benzene rings is 1. The van der Waals surface area contributed by atoms with Gasteiger partial charge < -0.3 is 14.4 Å². The van der Waals surface area contributed by atoms with Gasteiger partial charge in [0.05, 0.1) is 11.4 Å². The fourth-order valence-corrected chi connectivity index (χ4v) is 3.66. The molecule has 4 rings (SSSR count). The molecule has 2 aromatic heterocycles. The van der Waals surface area contributed by atoms with Crippen LogP contribution in [-0.2, 0) is 11.8 Å². The average Bonchev–Trinajstić information content (AvgIpc) is 3.34. The van der Waals surface area contributed by atoms with Crippen molar-refractivity contribution >= 4 is 11.8 Å². The predicted octanol–water partition coefficient (Wildman–Crippen LogP) is 2.49. The Morgan fingerprint density at radius 1 is 0.966 bits per heavy atom. The average molecular weight is 391 g/mol. The topological polar surface area (TPSA) is 63.4 Å². The highest BCUT2D eigenvalue weighted by Gasteiger charge is 2.27. The maximum absolute atomic E-state index is 13.4. The largest absolute Gasteiger partial charge is 0.349 e. The van der Waals surface area contributed by atoms with Crippen LogP contribution in [0.15, 0.2) is 48.7 Å². The normalized spacial score (nSPS) is 14.3. The highest BCUT2D eigenvalue weighted by atomic mass is 16.2. The molecule has 3 aromatic rings. The highest BCUT2D eigenvalue weighted by Crippen LogP contribution is 2.23. The number of carbonyl (C=O) groups is 2. The van der Waals surface area contributed by atoms with E-state index in [9.17, 15) is 9.59 Å². The Hall–Kier alpha value is -3.35. The van der Waals surface area contributed by atoms with E-state index in [1.807, 2.05) is 67.2 Å². The summed E-state index contributed by atoms with van der Waals surface area (Å²) >= 11 is 0. The number of carbonyl (C=O) groups excluding carboxylic acids is 2. The molecule has 1 saturated heterocycles. The lowest BCUT2D eigenvalue weighted by Gasteiger charge is -2.34. The zero-order valence-corrected chi connectivity index (χ0v) is 17.0. The third-order valence-corrected chi connectivity index (χ3v) is 5.43. The summed E-state index contributed by atoms with van der Waals surface area (Å²) in [5.74, 6) is -0.0190. The summed E-state index contributed by atoms with van der Waals surface area (Å²) < 4.78 is 3.71. The van der Waals surface area contributed by atoms with Gasteiger partial charge in [0.15, 0.2) is 0 Å². The Labute approximate surface area is 170 Å². The summed E-state index contributed by atoms with van der Waals surface area (Å²) in [5.41, 5.74) is 4.23. The maximum atomic E-state index is 13.4. The Kier molecular flexibility index (Phi) is 4.96. The summed E-state index contributed by atoms with van der Waals surface area (Å²) in [5, 5.41) is 4.76. The van der Waals surface area contributed by atoms with Crippen molar-refractivity contribution in [3.05, 3.63) is 59.9 Å². The zero-order chi connectivity index (χ0) is 20.5. The number of piperazine rings is 1. The Bertz CT molecular complexity index is 1040. The Balaban J connectivity index is 1.70. The molecule has 1 aliphatic rings. The zero-order valence-electron chi connectivity index (χ0n) is 17.0. The summed E-state index contributed by atoms with van der Waals surface area (Å²) in [4.78, 5) is 28.5. The van der Waals surface area contributed by atoms with Crippen molar-refractivity contribution in [2.45, 2.75) is 13.8 Å². The molecule has 7 heteroatoms. The molecule has 29 heavy (non-hydrogen) atoms. The first-order chi connectivity index (χ1) is 13.9. The molecular weight excluding hydrogens is 366 g/mol. The number of hydrogen-bond donors (Lipinski definition) is 0. The second-order valence-corrected chi connectivity index (χ2v) is 7.46. The van der Waals surface area contributed by atoms with Gasteiger partial charge in [-0.1, -0.05) is 17.7 Å². The molecule has 0 unspecified atom stereocenters. The van der Waals surface area contributed by atoms with E-state index in [1.165, 1.54) is 0 Å². The van der Waals surface area contributed by atoms with Gasteiger partial charge in [0.2, 0.25) is 5.91 Å². The molecule has 3 heterocycles. The van der Waals surface area contributed by atoms with Crippen LogP contribution in [0.3, 0.4) is 0 Å². The molecule has 0 N–H and O–H groups in total. The summed E-state index contributed by atoms with van der Waals surface area (Å²) in [6.07, 6.45) is 1.96. The summed E-state index contributed by atoms with van der Waals surface area (Å²) in [6, 6.07) is 13.8. The fraction of sp³-hybridized carbons (Fsp3) is 0.318. The van der Waals surface area contributed by atoms with Crippen molar-refractivity contribution in [3.8, 4) is 17.1 Å². The quantitative estimate of drug-likeness (QED) is 0.689. The van der Waals surface area contributed by atoms with Crippen LogP contribution in [0.1, 0.15) is 23.0 Å². The minimum atomic E-state index is -0.0678. The molecule has 1 aliphatic heterocycles. The molecule has 0 aliphatic carbocycles. The molecule has 7 nitrogen and oxygen atoms in total. The van der Waals surface area contributed by atoms with Gasteiger partial charge in [0.25, 0.3) is 5.91 Å². The lowest BCUT2D eigenvalue weighted by molar-refractivity contribution is -0.130. The summed E-state index contributed by atoms with van der Waals surface area (Å²) in [6.45, 7) is 5.77. The van der Waals surface area contributed by atoms with E-state index in [4.69, 9.17) is 5.10 Å². The van der Waals surface area contributed by atoms with E-state index in [2.05, 4.69) is 0 Å². The Morgan fingerprint density at radius 2 is 1.62 bits per heavy atom. The van der Waals surface area contributed by atoms with Gasteiger partial charge in [0, 0.05) is 46.3 Å². The molecular formula is C22H25N5O2. The van der Waals surface area contributed by atoms with E-state index < -0.39 is 0 Å². The van der Waals surface area contributed by atoms with Crippen molar-refractivity contribution in [3.63, 3.8) is 0 Å². The highest BCUT2D eigenvalue weighted by molar-refractivity contribution is 5.94. The van der Waals surface area contributed by atoms with Crippen LogP contribution in [0.5, 0.6) is 0 Å². The molecule has 2 amide bonds. The van der Waals surface area contributed by atoms with Crippen LogP contribution in [0.25, 0.3) is 17.1 Å². The number of amides is 2. The van der Waals surface area contributed by atoms with Crippen LogP contribution >= 0.6 is 0 Å². The number of hydrogen-bond acceptors (Lipinski definition) is 3. The molecule has 0 atom stereocenters. The molecule has 0 spiro atoms. The predicted molar refractivity (Wildman–Crippen MR) is 111 cm³/mol. The summed E-state index contributed by atoms with van der Waals surface area (Å²) in [7, 11) is 1.96. The Morgan fingerprint density at radius 3 is 2.21 bits per heavy atom. The smallest absolute Gasteiger partial charge is 0.272 e. The number of aryl methyl sites for hydroxylation is 2. The monoisotopic (exact) mass is 391 g/mol. The number of nitrogens with zero attached hydrogens (tertiary/aromatic N) is 5. The van der Waals surface area contributed by atoms with Gasteiger partial charge >= 0.3 is 0 Å². The lowest BCUT2D eigenvalue weighted by Crippen LogP contribution is -2.50. The third kappa shape index (κ3) is 3.68. The van der Waals surface area contributed by atoms with Crippen LogP contribution < -0.4 is 0 Å². The molecule has 1 aromatic carbocycles. The van der Waals surface area contributed by atoms with Crippen LogP contribution in [0.2, 0.25) is 0 Å². The maximum Gasteiger partial charge on any atom is 0.272 e. The van der Waals surface area contributed by atoms with Gasteiger partial charge in [-0.05, 0) is 37.3 Å². The third-order valence-electron chi connectivity index (χ3n) is 5.43. The minimum Gasteiger partial charge on any atom is -0.349 e. The molecule has 0 radical (unpaired) electrons. The standard InChI is InChI=1S/C22H25N5O2/c1-16-6-8-18(9-7-16)27-21(15-19(23-27)20-5-4-10-24(20)3)22(29)26-13-11-25(12-14-26)17(2)28/h4-10,15H,11-14H2,1-3H3. The molecule has 0 saturated carbocycles. The SMILES string of the molecule is CC(=O)N1CCN(C(=O)c2cc(-c3cccn3C)nn2-c2ccc(C)cc2)CC1.